The lowest BCUT2D eigenvalue weighted by atomic mass is 9.95. The Morgan fingerprint density at radius 3 is 2.63 bits per heavy atom. The van der Waals surface area contributed by atoms with Crippen molar-refractivity contribution in [2.75, 3.05) is 13.7 Å². The van der Waals surface area contributed by atoms with Crippen LogP contribution in [0.15, 0.2) is 18.2 Å². The molecule has 2 nitrogen and oxygen atoms in total. The molecule has 1 N–H and O–H groups in total. The Labute approximate surface area is 120 Å². The van der Waals surface area contributed by atoms with Crippen LogP contribution in [-0.4, -0.2) is 19.3 Å². The molecule has 0 fully saturated rings. The van der Waals surface area contributed by atoms with Gasteiger partial charge in [-0.25, -0.2) is 4.39 Å². The zero-order chi connectivity index (χ0) is 14.5. The number of ether oxygens (including phenoxy) is 1. The molecule has 0 aliphatic rings. The van der Waals surface area contributed by atoms with Crippen molar-refractivity contribution >= 4 is 11.6 Å². The summed E-state index contributed by atoms with van der Waals surface area (Å²) in [6.45, 7) is 6.99. The van der Waals surface area contributed by atoms with E-state index in [0.717, 1.165) is 24.9 Å². The van der Waals surface area contributed by atoms with E-state index >= 15 is 0 Å². The summed E-state index contributed by atoms with van der Waals surface area (Å²) in [5, 5.41) is 3.54. The zero-order valence-corrected chi connectivity index (χ0v) is 12.9. The Kier molecular flexibility index (Phi) is 6.24. The number of hydrogen-bond donors (Lipinski definition) is 1. The molecule has 0 heterocycles. The molecule has 0 amide bonds. The van der Waals surface area contributed by atoms with Crippen LogP contribution in [0.4, 0.5) is 4.39 Å². The molecule has 0 bridgehead atoms. The molecule has 1 rings (SSSR count). The third kappa shape index (κ3) is 5.09. The lowest BCUT2D eigenvalue weighted by Gasteiger charge is -2.26. The highest BCUT2D eigenvalue weighted by Crippen LogP contribution is 2.26. The first-order valence-electron chi connectivity index (χ1n) is 6.63. The second-order valence-corrected chi connectivity index (χ2v) is 5.69. The van der Waals surface area contributed by atoms with E-state index in [0.29, 0.717) is 0 Å². The molecule has 108 valence electrons. The fourth-order valence-corrected chi connectivity index (χ4v) is 2.07. The first kappa shape index (κ1) is 16.4. The average Bonchev–Trinajstić information content (AvgIpc) is 2.38. The molecule has 0 saturated heterocycles. The minimum absolute atomic E-state index is 0.117. The molecule has 0 saturated carbocycles. The summed E-state index contributed by atoms with van der Waals surface area (Å²) >= 11 is 5.72. The van der Waals surface area contributed by atoms with Gasteiger partial charge in [0.2, 0.25) is 0 Å². The second-order valence-electron chi connectivity index (χ2n) is 5.29. The lowest BCUT2D eigenvalue weighted by molar-refractivity contribution is 0.0117. The first-order valence-corrected chi connectivity index (χ1v) is 7.01. The molecule has 1 atom stereocenters. The van der Waals surface area contributed by atoms with Crippen molar-refractivity contribution < 1.29 is 9.13 Å². The molecule has 0 aromatic heterocycles. The summed E-state index contributed by atoms with van der Waals surface area (Å²) in [6.07, 6.45) is 1.78. The van der Waals surface area contributed by atoms with Gasteiger partial charge in [0.25, 0.3) is 0 Å². The Morgan fingerprint density at radius 1 is 1.42 bits per heavy atom. The van der Waals surface area contributed by atoms with E-state index in [1.807, 2.05) is 13.0 Å². The van der Waals surface area contributed by atoms with Gasteiger partial charge in [-0.05, 0) is 50.9 Å². The van der Waals surface area contributed by atoms with Gasteiger partial charge in [-0.1, -0.05) is 24.6 Å². The van der Waals surface area contributed by atoms with Crippen LogP contribution in [0.5, 0.6) is 0 Å². The predicted octanol–water partition coefficient (Wildman–Crippen LogP) is 4.33. The SMILES string of the molecule is CCNC(CCC(C)(C)OC)c1ccc(Cl)c(F)c1. The monoisotopic (exact) mass is 287 g/mol. The van der Waals surface area contributed by atoms with Crippen LogP contribution in [0.25, 0.3) is 0 Å². The van der Waals surface area contributed by atoms with Crippen molar-refractivity contribution in [3.63, 3.8) is 0 Å². The fraction of sp³-hybridized carbons (Fsp3) is 0.600. The average molecular weight is 288 g/mol. The van der Waals surface area contributed by atoms with E-state index in [2.05, 4.69) is 19.2 Å². The van der Waals surface area contributed by atoms with Gasteiger partial charge in [0, 0.05) is 13.2 Å². The van der Waals surface area contributed by atoms with Gasteiger partial charge in [-0.15, -0.1) is 0 Å². The maximum atomic E-state index is 13.5. The number of nitrogens with one attached hydrogen (secondary N) is 1. The van der Waals surface area contributed by atoms with Crippen LogP contribution >= 0.6 is 11.6 Å². The van der Waals surface area contributed by atoms with Gasteiger partial charge in [-0.3, -0.25) is 0 Å². The van der Waals surface area contributed by atoms with Crippen LogP contribution in [0.3, 0.4) is 0 Å². The largest absolute Gasteiger partial charge is 0.379 e. The molecule has 1 aromatic carbocycles. The number of halogens is 2. The number of benzene rings is 1. The highest BCUT2D eigenvalue weighted by atomic mass is 35.5. The Hall–Kier alpha value is -0.640. The summed E-state index contributed by atoms with van der Waals surface area (Å²) in [7, 11) is 1.71. The number of rotatable bonds is 7. The number of methoxy groups -OCH3 is 1. The Morgan fingerprint density at radius 2 is 2.11 bits per heavy atom. The molecule has 19 heavy (non-hydrogen) atoms. The summed E-state index contributed by atoms with van der Waals surface area (Å²) in [4.78, 5) is 0. The zero-order valence-electron chi connectivity index (χ0n) is 12.1. The molecule has 1 aromatic rings. The predicted molar refractivity (Wildman–Crippen MR) is 78.1 cm³/mol. The minimum atomic E-state index is -0.368. The number of hydrogen-bond acceptors (Lipinski definition) is 2. The summed E-state index contributed by atoms with van der Waals surface area (Å²) < 4.78 is 19.0. The fourth-order valence-electron chi connectivity index (χ4n) is 1.96. The molecular formula is C15H23ClFNO. The highest BCUT2D eigenvalue weighted by molar-refractivity contribution is 6.30. The van der Waals surface area contributed by atoms with Gasteiger partial charge in [0.15, 0.2) is 0 Å². The third-order valence-electron chi connectivity index (χ3n) is 3.38. The van der Waals surface area contributed by atoms with Crippen molar-refractivity contribution in [3.05, 3.63) is 34.6 Å². The van der Waals surface area contributed by atoms with E-state index in [9.17, 15) is 4.39 Å². The molecular weight excluding hydrogens is 265 g/mol. The van der Waals surface area contributed by atoms with Gasteiger partial charge >= 0.3 is 0 Å². The van der Waals surface area contributed by atoms with Crippen LogP contribution < -0.4 is 5.32 Å². The summed E-state index contributed by atoms with van der Waals surface area (Å²) in [5.74, 6) is -0.368. The van der Waals surface area contributed by atoms with Gasteiger partial charge in [0.05, 0.1) is 10.6 Å². The summed E-state index contributed by atoms with van der Waals surface area (Å²) in [6, 6.07) is 5.11. The van der Waals surface area contributed by atoms with E-state index in [1.165, 1.54) is 6.07 Å². The van der Waals surface area contributed by atoms with Crippen molar-refractivity contribution in [1.29, 1.82) is 0 Å². The maximum absolute atomic E-state index is 13.5. The standard InChI is InChI=1S/C15H23ClFNO/c1-5-18-14(8-9-15(2,3)19-4)11-6-7-12(16)13(17)10-11/h6-7,10,14,18H,5,8-9H2,1-4H3. The van der Waals surface area contributed by atoms with Crippen molar-refractivity contribution in [2.24, 2.45) is 0 Å². The topological polar surface area (TPSA) is 21.3 Å². The van der Waals surface area contributed by atoms with E-state index in [4.69, 9.17) is 16.3 Å². The lowest BCUT2D eigenvalue weighted by Crippen LogP contribution is -2.27. The van der Waals surface area contributed by atoms with Gasteiger partial charge in [-0.2, -0.15) is 0 Å². The molecule has 0 aliphatic carbocycles. The second kappa shape index (κ2) is 7.22. The maximum Gasteiger partial charge on any atom is 0.142 e. The highest BCUT2D eigenvalue weighted by Gasteiger charge is 2.20. The smallest absolute Gasteiger partial charge is 0.142 e. The Balaban J connectivity index is 2.79. The first-order chi connectivity index (χ1) is 8.89. The summed E-state index contributed by atoms with van der Waals surface area (Å²) in [5.41, 5.74) is 0.759. The Bertz CT molecular complexity index is 409. The van der Waals surface area contributed by atoms with Crippen LogP contribution in [-0.2, 0) is 4.74 Å². The normalized spacial score (nSPS) is 13.6. The van der Waals surface area contributed by atoms with Crippen molar-refractivity contribution in [1.82, 2.24) is 5.32 Å². The van der Waals surface area contributed by atoms with E-state index in [1.54, 1.807) is 13.2 Å². The van der Waals surface area contributed by atoms with Crippen molar-refractivity contribution in [3.8, 4) is 0 Å². The van der Waals surface area contributed by atoms with Crippen molar-refractivity contribution in [2.45, 2.75) is 45.3 Å². The van der Waals surface area contributed by atoms with Crippen LogP contribution in [0, 0.1) is 5.82 Å². The minimum Gasteiger partial charge on any atom is -0.379 e. The quantitative estimate of drug-likeness (QED) is 0.806. The van der Waals surface area contributed by atoms with Gasteiger partial charge < -0.3 is 10.1 Å². The molecule has 1 unspecified atom stereocenters. The molecule has 4 heteroatoms. The molecule has 0 spiro atoms. The van der Waals surface area contributed by atoms with Gasteiger partial charge in [0.1, 0.15) is 5.82 Å². The third-order valence-corrected chi connectivity index (χ3v) is 3.69. The molecule has 0 radical (unpaired) electrons. The molecule has 0 aliphatic heterocycles. The van der Waals surface area contributed by atoms with Crippen LogP contribution in [0.1, 0.15) is 45.2 Å². The van der Waals surface area contributed by atoms with E-state index < -0.39 is 0 Å². The van der Waals surface area contributed by atoms with Crippen LogP contribution in [0.2, 0.25) is 5.02 Å². The van der Waals surface area contributed by atoms with E-state index in [-0.39, 0.29) is 22.5 Å².